The molecule has 8 heteroatoms. The van der Waals surface area contributed by atoms with Gasteiger partial charge in [-0.25, -0.2) is 0 Å². The topological polar surface area (TPSA) is 110 Å². The van der Waals surface area contributed by atoms with E-state index < -0.39 is 0 Å². The molecule has 4 aromatic rings. The smallest absolute Gasteiger partial charge is 0.292 e. The molecule has 0 unspecified atom stereocenters. The van der Waals surface area contributed by atoms with Gasteiger partial charge in [0.25, 0.3) is 5.91 Å². The summed E-state index contributed by atoms with van der Waals surface area (Å²) in [7, 11) is 0. The number of amides is 1. The minimum Gasteiger partial charge on any atom is -0.456 e. The number of pyridine rings is 1. The molecule has 0 radical (unpaired) electrons. The van der Waals surface area contributed by atoms with Crippen LogP contribution in [0.5, 0.6) is 0 Å². The molecule has 0 aliphatic carbocycles. The van der Waals surface area contributed by atoms with Crippen molar-refractivity contribution in [3.05, 3.63) is 71.3 Å². The maximum atomic E-state index is 12.4. The highest BCUT2D eigenvalue weighted by Gasteiger charge is 2.16. The van der Waals surface area contributed by atoms with Crippen LogP contribution in [0.4, 0.5) is 5.82 Å². The van der Waals surface area contributed by atoms with Gasteiger partial charge in [0.1, 0.15) is 11.5 Å². The first-order valence-corrected chi connectivity index (χ1v) is 8.38. The number of carbonyl (C=O) groups is 1. The first-order valence-electron chi connectivity index (χ1n) is 8.38. The van der Waals surface area contributed by atoms with E-state index in [0.29, 0.717) is 18.0 Å². The van der Waals surface area contributed by atoms with Crippen molar-refractivity contribution in [2.75, 3.05) is 5.32 Å². The summed E-state index contributed by atoms with van der Waals surface area (Å²) < 4.78 is 10.8. The molecule has 4 rings (SSSR count). The molecule has 8 nitrogen and oxygen atoms in total. The summed E-state index contributed by atoms with van der Waals surface area (Å²) in [6.07, 6.45) is 3.90. The number of aryl methyl sites for hydroxylation is 2. The number of carbonyl (C=O) groups excluding carboxylic acids is 1. The zero-order chi connectivity index (χ0) is 18.8. The normalized spacial score (nSPS) is 10.9. The van der Waals surface area contributed by atoms with E-state index in [9.17, 15) is 4.79 Å². The SMILES string of the molecule is Cc1noc(C)c1Cc1ccc(C(=O)Nc2cc(-c3ccncc3)[nH]n2)o1. The van der Waals surface area contributed by atoms with Gasteiger partial charge >= 0.3 is 0 Å². The standard InChI is InChI=1S/C19H17N5O3/c1-11-15(12(2)27-24-11)9-14-3-4-17(26-14)19(25)21-18-10-16(22-23-18)13-5-7-20-8-6-13/h3-8,10H,9H2,1-2H3,(H2,21,22,23,25). The van der Waals surface area contributed by atoms with Crippen molar-refractivity contribution in [2.45, 2.75) is 20.3 Å². The molecule has 0 aromatic carbocycles. The van der Waals surface area contributed by atoms with Gasteiger partial charge in [-0.1, -0.05) is 5.16 Å². The molecule has 4 heterocycles. The molecule has 27 heavy (non-hydrogen) atoms. The van der Waals surface area contributed by atoms with Crippen LogP contribution >= 0.6 is 0 Å². The Kier molecular flexibility index (Phi) is 4.29. The van der Waals surface area contributed by atoms with Gasteiger partial charge in [-0.05, 0) is 38.1 Å². The molecule has 1 amide bonds. The summed E-state index contributed by atoms with van der Waals surface area (Å²) in [5.74, 6) is 1.66. The fraction of sp³-hybridized carbons (Fsp3) is 0.158. The van der Waals surface area contributed by atoms with Crippen LogP contribution in [-0.2, 0) is 6.42 Å². The Balaban J connectivity index is 1.45. The van der Waals surface area contributed by atoms with Gasteiger partial charge in [-0.3, -0.25) is 14.9 Å². The molecule has 0 atom stereocenters. The number of H-pyrrole nitrogens is 1. The van der Waals surface area contributed by atoms with Crippen LogP contribution in [0.2, 0.25) is 0 Å². The Morgan fingerprint density at radius 3 is 2.74 bits per heavy atom. The lowest BCUT2D eigenvalue weighted by Gasteiger charge is -1.99. The van der Waals surface area contributed by atoms with E-state index in [2.05, 4.69) is 25.7 Å². The molecule has 0 aliphatic heterocycles. The molecule has 136 valence electrons. The van der Waals surface area contributed by atoms with Gasteiger partial charge in [0, 0.05) is 36.0 Å². The summed E-state index contributed by atoms with van der Waals surface area (Å²) in [5, 5.41) is 13.6. The zero-order valence-electron chi connectivity index (χ0n) is 14.8. The van der Waals surface area contributed by atoms with E-state index in [1.54, 1.807) is 30.6 Å². The number of nitrogens with one attached hydrogen (secondary N) is 2. The van der Waals surface area contributed by atoms with E-state index in [4.69, 9.17) is 8.94 Å². The number of anilines is 1. The lowest BCUT2D eigenvalue weighted by molar-refractivity contribution is 0.0994. The minimum atomic E-state index is -0.368. The fourth-order valence-electron chi connectivity index (χ4n) is 2.77. The van der Waals surface area contributed by atoms with Crippen LogP contribution in [0.15, 0.2) is 51.7 Å². The van der Waals surface area contributed by atoms with E-state index in [1.165, 1.54) is 0 Å². The number of furan rings is 1. The van der Waals surface area contributed by atoms with Crippen LogP contribution in [-0.4, -0.2) is 26.2 Å². The van der Waals surface area contributed by atoms with Crippen LogP contribution in [0.25, 0.3) is 11.3 Å². The Hall–Kier alpha value is -3.68. The van der Waals surface area contributed by atoms with Crippen LogP contribution in [0.3, 0.4) is 0 Å². The Morgan fingerprint density at radius 2 is 2.00 bits per heavy atom. The molecule has 0 saturated heterocycles. The van der Waals surface area contributed by atoms with Crippen molar-refractivity contribution in [1.82, 2.24) is 20.3 Å². The van der Waals surface area contributed by atoms with E-state index in [-0.39, 0.29) is 11.7 Å². The van der Waals surface area contributed by atoms with Crippen LogP contribution in [0.1, 0.15) is 33.3 Å². The van der Waals surface area contributed by atoms with E-state index in [1.807, 2.05) is 26.0 Å². The number of hydrogen-bond acceptors (Lipinski definition) is 6. The molecule has 0 spiro atoms. The quantitative estimate of drug-likeness (QED) is 0.561. The number of hydrogen-bond donors (Lipinski definition) is 2. The van der Waals surface area contributed by atoms with Crippen molar-refractivity contribution < 1.29 is 13.7 Å². The third-order valence-electron chi connectivity index (χ3n) is 4.23. The highest BCUT2D eigenvalue weighted by atomic mass is 16.5. The van der Waals surface area contributed by atoms with Crippen molar-refractivity contribution in [3.8, 4) is 11.3 Å². The molecule has 0 fully saturated rings. The second-order valence-electron chi connectivity index (χ2n) is 6.10. The summed E-state index contributed by atoms with van der Waals surface area (Å²) >= 11 is 0. The second-order valence-corrected chi connectivity index (χ2v) is 6.10. The number of rotatable bonds is 5. The maximum Gasteiger partial charge on any atom is 0.292 e. The summed E-state index contributed by atoms with van der Waals surface area (Å²) in [4.78, 5) is 16.4. The predicted molar refractivity (Wildman–Crippen MR) is 97.3 cm³/mol. The first-order chi connectivity index (χ1) is 13.1. The average Bonchev–Trinajstić information content (AvgIpc) is 3.40. The summed E-state index contributed by atoms with van der Waals surface area (Å²) in [6, 6.07) is 8.87. The van der Waals surface area contributed by atoms with Gasteiger partial charge in [0.05, 0.1) is 11.4 Å². The maximum absolute atomic E-state index is 12.4. The van der Waals surface area contributed by atoms with Gasteiger partial charge < -0.3 is 14.3 Å². The Labute approximate surface area is 154 Å². The van der Waals surface area contributed by atoms with Crippen LogP contribution in [0, 0.1) is 13.8 Å². The number of aromatic amines is 1. The minimum absolute atomic E-state index is 0.213. The summed E-state index contributed by atoms with van der Waals surface area (Å²) in [5.41, 5.74) is 3.49. The Bertz CT molecular complexity index is 1060. The molecule has 0 aliphatic rings. The third-order valence-corrected chi connectivity index (χ3v) is 4.23. The van der Waals surface area contributed by atoms with Gasteiger partial charge in [-0.2, -0.15) is 5.10 Å². The fourth-order valence-corrected chi connectivity index (χ4v) is 2.77. The third kappa shape index (κ3) is 3.50. The van der Waals surface area contributed by atoms with Crippen LogP contribution < -0.4 is 5.32 Å². The van der Waals surface area contributed by atoms with Crippen molar-refractivity contribution >= 4 is 11.7 Å². The van der Waals surface area contributed by atoms with Gasteiger partial charge in [0.2, 0.25) is 0 Å². The van der Waals surface area contributed by atoms with E-state index in [0.717, 1.165) is 28.3 Å². The van der Waals surface area contributed by atoms with Crippen molar-refractivity contribution in [2.24, 2.45) is 0 Å². The van der Waals surface area contributed by atoms with Gasteiger partial charge in [0.15, 0.2) is 11.6 Å². The van der Waals surface area contributed by atoms with Crippen molar-refractivity contribution in [3.63, 3.8) is 0 Å². The Morgan fingerprint density at radius 1 is 1.19 bits per heavy atom. The monoisotopic (exact) mass is 363 g/mol. The number of nitrogens with zero attached hydrogens (tertiary/aromatic N) is 3. The molecular formula is C19H17N5O3. The second kappa shape index (κ2) is 6.91. The molecular weight excluding hydrogens is 346 g/mol. The molecule has 0 saturated carbocycles. The average molecular weight is 363 g/mol. The lowest BCUT2D eigenvalue weighted by Crippen LogP contribution is -2.11. The summed E-state index contributed by atoms with van der Waals surface area (Å²) in [6.45, 7) is 3.73. The largest absolute Gasteiger partial charge is 0.456 e. The van der Waals surface area contributed by atoms with E-state index >= 15 is 0 Å². The highest BCUT2D eigenvalue weighted by Crippen LogP contribution is 2.21. The predicted octanol–water partition coefficient (Wildman–Crippen LogP) is 3.51. The van der Waals surface area contributed by atoms with Gasteiger partial charge in [-0.15, -0.1) is 0 Å². The number of aromatic nitrogens is 4. The molecule has 2 N–H and O–H groups in total. The first kappa shape index (κ1) is 16.8. The van der Waals surface area contributed by atoms with Crippen molar-refractivity contribution in [1.29, 1.82) is 0 Å². The molecule has 4 aromatic heterocycles. The lowest BCUT2D eigenvalue weighted by atomic mass is 10.1. The zero-order valence-corrected chi connectivity index (χ0v) is 14.8. The molecule has 0 bridgehead atoms. The highest BCUT2D eigenvalue weighted by molar-refractivity contribution is 6.01.